The van der Waals surface area contributed by atoms with E-state index < -0.39 is 5.91 Å². The zero-order valence-electron chi connectivity index (χ0n) is 32.9. The number of primary amides is 1. The number of carbonyl (C=O) groups excluding carboxylic acids is 3. The SMILES string of the molecule is CCCCCCC(C)(CC)C(=O)NCC1=CC=C=CC=C1.CCCCCCC/C(C)=C(C)/C=C\C1=C(C)NC(=O)C(CC(N)=O)=CC1.COC. The lowest BCUT2D eigenvalue weighted by Gasteiger charge is -2.27. The van der Waals surface area contributed by atoms with E-state index in [-0.39, 0.29) is 23.7 Å². The molecule has 0 aromatic rings. The second-order valence-electron chi connectivity index (χ2n) is 13.6. The fourth-order valence-corrected chi connectivity index (χ4v) is 5.30. The van der Waals surface area contributed by atoms with Crippen molar-refractivity contribution >= 4 is 17.7 Å². The Kier molecular flexibility index (Phi) is 26.0. The van der Waals surface area contributed by atoms with Crippen LogP contribution in [-0.2, 0) is 19.1 Å². The average molecular weight is 692 g/mol. The van der Waals surface area contributed by atoms with Gasteiger partial charge in [0.05, 0.1) is 6.42 Å². The first-order valence-corrected chi connectivity index (χ1v) is 18.7. The topological polar surface area (TPSA) is 111 Å². The average Bonchev–Trinajstić information content (AvgIpc) is 3.43. The highest BCUT2D eigenvalue weighted by atomic mass is 16.4. The van der Waals surface area contributed by atoms with Gasteiger partial charge in [-0.15, -0.1) is 5.73 Å². The van der Waals surface area contributed by atoms with E-state index >= 15 is 0 Å². The predicted octanol–water partition coefficient (Wildman–Crippen LogP) is 9.79. The summed E-state index contributed by atoms with van der Waals surface area (Å²) in [5, 5.41) is 5.94. The molecule has 1 heterocycles. The Morgan fingerprint density at radius 1 is 1.02 bits per heavy atom. The maximum absolute atomic E-state index is 12.5. The highest BCUT2D eigenvalue weighted by Gasteiger charge is 2.30. The first-order valence-electron chi connectivity index (χ1n) is 18.7. The van der Waals surface area contributed by atoms with Gasteiger partial charge in [-0.2, -0.15) is 0 Å². The van der Waals surface area contributed by atoms with Crippen LogP contribution in [-0.4, -0.2) is 38.5 Å². The van der Waals surface area contributed by atoms with Crippen LogP contribution in [0.25, 0.3) is 0 Å². The van der Waals surface area contributed by atoms with E-state index in [0.717, 1.165) is 42.5 Å². The third-order valence-electron chi connectivity index (χ3n) is 9.13. The van der Waals surface area contributed by atoms with Crippen molar-refractivity contribution in [3.8, 4) is 0 Å². The number of ether oxygens (including phenoxy) is 1. The molecule has 2 rings (SSSR count). The highest BCUT2D eigenvalue weighted by molar-refractivity contribution is 5.99. The van der Waals surface area contributed by atoms with Crippen molar-refractivity contribution in [2.75, 3.05) is 20.8 Å². The van der Waals surface area contributed by atoms with Crippen LogP contribution in [0.3, 0.4) is 0 Å². The lowest BCUT2D eigenvalue weighted by atomic mass is 9.81. The highest BCUT2D eigenvalue weighted by Crippen LogP contribution is 2.29. The Labute approximate surface area is 305 Å². The minimum absolute atomic E-state index is 0.0216. The first-order chi connectivity index (χ1) is 23.9. The minimum Gasteiger partial charge on any atom is -0.388 e. The van der Waals surface area contributed by atoms with Gasteiger partial charge >= 0.3 is 0 Å². The summed E-state index contributed by atoms with van der Waals surface area (Å²) < 4.78 is 4.25. The maximum Gasteiger partial charge on any atom is 0.251 e. The molecule has 3 amide bonds. The van der Waals surface area contributed by atoms with Gasteiger partial charge in [-0.3, -0.25) is 14.4 Å². The third kappa shape index (κ3) is 20.8. The molecule has 0 aromatic heterocycles. The van der Waals surface area contributed by atoms with Gasteiger partial charge in [0.2, 0.25) is 11.8 Å². The number of nitrogens with one attached hydrogen (secondary N) is 2. The number of hydrogen-bond acceptors (Lipinski definition) is 4. The van der Waals surface area contributed by atoms with E-state index in [9.17, 15) is 14.4 Å². The fourth-order valence-electron chi connectivity index (χ4n) is 5.30. The molecule has 1 aliphatic carbocycles. The van der Waals surface area contributed by atoms with Crippen LogP contribution in [0.15, 0.2) is 87.9 Å². The van der Waals surface area contributed by atoms with Crippen molar-refractivity contribution in [1.82, 2.24) is 10.6 Å². The Morgan fingerprint density at radius 3 is 2.28 bits per heavy atom. The summed E-state index contributed by atoms with van der Waals surface area (Å²) in [6.07, 6.45) is 30.6. The van der Waals surface area contributed by atoms with Gasteiger partial charge < -0.3 is 21.1 Å². The number of allylic oxidation sites excluding steroid dienone is 10. The van der Waals surface area contributed by atoms with Gasteiger partial charge in [0.1, 0.15) is 0 Å². The normalized spacial score (nSPS) is 15.7. The number of unbranched alkanes of at least 4 members (excludes halogenated alkanes) is 7. The maximum atomic E-state index is 12.5. The Morgan fingerprint density at radius 2 is 1.66 bits per heavy atom. The van der Waals surface area contributed by atoms with Gasteiger partial charge in [0.25, 0.3) is 5.91 Å². The summed E-state index contributed by atoms with van der Waals surface area (Å²) in [5.74, 6) is -0.548. The van der Waals surface area contributed by atoms with Crippen LogP contribution in [0.4, 0.5) is 0 Å². The molecular weight excluding hydrogens is 622 g/mol. The largest absolute Gasteiger partial charge is 0.388 e. The molecule has 1 aliphatic heterocycles. The molecule has 0 radical (unpaired) electrons. The molecule has 50 heavy (non-hydrogen) atoms. The summed E-state index contributed by atoms with van der Waals surface area (Å²) in [7, 11) is 3.25. The molecule has 7 heteroatoms. The van der Waals surface area contributed by atoms with E-state index in [1.165, 1.54) is 62.5 Å². The van der Waals surface area contributed by atoms with Gasteiger partial charge in [-0.05, 0) is 82.2 Å². The molecule has 0 bridgehead atoms. The van der Waals surface area contributed by atoms with Crippen molar-refractivity contribution in [2.24, 2.45) is 11.1 Å². The van der Waals surface area contributed by atoms with E-state index in [1.54, 1.807) is 20.3 Å². The molecule has 1 unspecified atom stereocenters. The number of amides is 3. The Bertz CT molecular complexity index is 1300. The molecule has 0 aromatic carbocycles. The fraction of sp³-hybridized carbons (Fsp3) is 0.581. The lowest BCUT2D eigenvalue weighted by molar-refractivity contribution is -0.130. The molecule has 280 valence electrons. The van der Waals surface area contributed by atoms with Crippen molar-refractivity contribution in [3.05, 3.63) is 87.9 Å². The Hall–Kier alpha value is -3.67. The van der Waals surface area contributed by atoms with Crippen molar-refractivity contribution < 1.29 is 19.1 Å². The second-order valence-corrected chi connectivity index (χ2v) is 13.6. The van der Waals surface area contributed by atoms with Crippen molar-refractivity contribution in [1.29, 1.82) is 0 Å². The first kappa shape index (κ1) is 46.3. The molecular formula is C43H69N3O4. The molecule has 7 nitrogen and oxygen atoms in total. The van der Waals surface area contributed by atoms with Gasteiger partial charge in [-0.25, -0.2) is 0 Å². The Balaban J connectivity index is 0.000000907. The van der Waals surface area contributed by atoms with E-state index in [2.05, 4.69) is 74.8 Å². The third-order valence-corrected chi connectivity index (χ3v) is 9.13. The van der Waals surface area contributed by atoms with Crippen LogP contribution in [0.5, 0.6) is 0 Å². The summed E-state index contributed by atoms with van der Waals surface area (Å²) >= 11 is 0. The summed E-state index contributed by atoms with van der Waals surface area (Å²) in [4.78, 5) is 35.7. The van der Waals surface area contributed by atoms with Crippen LogP contribution in [0.2, 0.25) is 0 Å². The van der Waals surface area contributed by atoms with Crippen LogP contribution >= 0.6 is 0 Å². The van der Waals surface area contributed by atoms with Crippen molar-refractivity contribution in [3.63, 3.8) is 0 Å². The van der Waals surface area contributed by atoms with Crippen LogP contribution < -0.4 is 16.4 Å². The summed E-state index contributed by atoms with van der Waals surface area (Å²) in [6, 6.07) is 0. The molecule has 2 aliphatic rings. The molecule has 0 saturated carbocycles. The number of rotatable bonds is 19. The van der Waals surface area contributed by atoms with Gasteiger partial charge in [0.15, 0.2) is 0 Å². The van der Waals surface area contributed by atoms with E-state index in [1.807, 2.05) is 37.3 Å². The quantitative estimate of drug-likeness (QED) is 0.0712. The lowest BCUT2D eigenvalue weighted by Crippen LogP contribution is -2.39. The zero-order valence-corrected chi connectivity index (χ0v) is 32.9. The van der Waals surface area contributed by atoms with Gasteiger partial charge in [-0.1, -0.05) is 121 Å². The minimum atomic E-state index is -0.489. The number of hydrogen-bond donors (Lipinski definition) is 3. The summed E-state index contributed by atoms with van der Waals surface area (Å²) in [5.41, 5.74) is 14.1. The van der Waals surface area contributed by atoms with Crippen LogP contribution in [0, 0.1) is 5.41 Å². The molecule has 0 fully saturated rings. The number of nitrogens with two attached hydrogens (primary N) is 1. The predicted molar refractivity (Wildman–Crippen MR) is 211 cm³/mol. The smallest absolute Gasteiger partial charge is 0.251 e. The van der Waals surface area contributed by atoms with E-state index in [0.29, 0.717) is 18.5 Å². The molecule has 1 atom stereocenters. The molecule has 4 N–H and O–H groups in total. The number of carbonyl (C=O) groups is 3. The zero-order chi connectivity index (χ0) is 37.8. The standard InChI is InChI=1S/C22H34N2O2.C19H29NO.C2H6O/c1-5-6-7-8-9-10-16(2)17(3)11-12-19-13-14-20(15-21(23)25)22(26)24-18(19)4;1-4-6-7-12-15-19(3,5-2)18(21)20-16-17-13-10-8-9-11-14-17;1-3-2/h11-12,14H,5-10,13,15H2,1-4H3,(H2,23,25)(H,24,26);8,10-11,13-14H,4-7,12,15-16H2,1-3H3,(H,20,21);1-2H3/b12-11-,17-16+;;. The number of methoxy groups -OCH3 is 1. The second kappa shape index (κ2) is 28.1. The summed E-state index contributed by atoms with van der Waals surface area (Å²) in [6.45, 7) is 15.5. The monoisotopic (exact) mass is 692 g/mol. The van der Waals surface area contributed by atoms with E-state index in [4.69, 9.17) is 5.73 Å². The van der Waals surface area contributed by atoms with Crippen LogP contribution in [0.1, 0.15) is 138 Å². The molecule has 0 saturated heterocycles. The van der Waals surface area contributed by atoms with Gasteiger partial charge in [0, 0.05) is 37.4 Å². The van der Waals surface area contributed by atoms with Crippen molar-refractivity contribution in [2.45, 2.75) is 138 Å². The molecule has 0 spiro atoms.